The number of hydrogen-bond donors (Lipinski definition) is 1. The van der Waals surface area contributed by atoms with E-state index in [4.69, 9.17) is 21.1 Å². The summed E-state index contributed by atoms with van der Waals surface area (Å²) >= 11 is 5.97. The van der Waals surface area contributed by atoms with Crippen LogP contribution < -0.4 is 10.1 Å². The van der Waals surface area contributed by atoms with Crippen LogP contribution in [0.3, 0.4) is 0 Å². The summed E-state index contributed by atoms with van der Waals surface area (Å²) in [7, 11) is 1.57. The molecule has 0 radical (unpaired) electrons. The lowest BCUT2D eigenvalue weighted by Gasteiger charge is -2.09. The molecule has 0 aliphatic carbocycles. The van der Waals surface area contributed by atoms with E-state index in [-0.39, 0.29) is 12.5 Å². The second-order valence-corrected chi connectivity index (χ2v) is 3.41. The third-order valence-corrected chi connectivity index (χ3v) is 2.22. The third kappa shape index (κ3) is 3.62. The van der Waals surface area contributed by atoms with Gasteiger partial charge in [-0.2, -0.15) is 0 Å². The fourth-order valence-corrected chi connectivity index (χ4v) is 1.38. The van der Waals surface area contributed by atoms with Gasteiger partial charge in [0.05, 0.1) is 24.4 Å². The van der Waals surface area contributed by atoms with E-state index in [1.54, 1.807) is 32.2 Å². The normalized spacial score (nSPS) is 9.69. The van der Waals surface area contributed by atoms with Crippen LogP contribution >= 0.6 is 11.6 Å². The van der Waals surface area contributed by atoms with Crippen LogP contribution in [0.1, 0.15) is 6.92 Å². The summed E-state index contributed by atoms with van der Waals surface area (Å²) in [6.07, 6.45) is 0. The van der Waals surface area contributed by atoms with Crippen molar-refractivity contribution in [1.82, 2.24) is 0 Å². The monoisotopic (exact) mass is 243 g/mol. The first-order valence-corrected chi connectivity index (χ1v) is 5.28. The molecule has 1 aromatic rings. The van der Waals surface area contributed by atoms with Crippen LogP contribution in [0.2, 0.25) is 5.02 Å². The predicted octanol–water partition coefficient (Wildman–Crippen LogP) is 2.32. The topological polar surface area (TPSA) is 47.6 Å². The Balaban J connectivity index is 2.57. The van der Waals surface area contributed by atoms with Gasteiger partial charge in [-0.15, -0.1) is 0 Å². The molecule has 0 aliphatic rings. The maximum atomic E-state index is 11.1. The molecule has 0 aromatic heterocycles. The fourth-order valence-electron chi connectivity index (χ4n) is 1.15. The minimum absolute atomic E-state index is 0.0971. The maximum absolute atomic E-state index is 11.1. The first-order chi connectivity index (χ1) is 7.67. The molecule has 0 saturated heterocycles. The van der Waals surface area contributed by atoms with Gasteiger partial charge in [0.2, 0.25) is 0 Å². The van der Waals surface area contributed by atoms with Gasteiger partial charge in [-0.1, -0.05) is 11.6 Å². The lowest BCUT2D eigenvalue weighted by Crippen LogP contribution is -2.16. The van der Waals surface area contributed by atoms with Gasteiger partial charge in [-0.3, -0.25) is 4.79 Å². The smallest absolute Gasteiger partial charge is 0.325 e. The van der Waals surface area contributed by atoms with Gasteiger partial charge in [0.15, 0.2) is 0 Å². The minimum atomic E-state index is -0.311. The standard InChI is InChI=1S/C11H14ClNO3/c1-3-16-11(14)7-13-10-5-4-8(15-2)6-9(10)12/h4-6,13H,3,7H2,1-2H3. The van der Waals surface area contributed by atoms with E-state index in [0.29, 0.717) is 23.1 Å². The Morgan fingerprint density at radius 2 is 2.25 bits per heavy atom. The minimum Gasteiger partial charge on any atom is -0.497 e. The highest BCUT2D eigenvalue weighted by Crippen LogP contribution is 2.26. The summed E-state index contributed by atoms with van der Waals surface area (Å²) in [6.45, 7) is 2.23. The zero-order valence-corrected chi connectivity index (χ0v) is 10.0. The van der Waals surface area contributed by atoms with Gasteiger partial charge in [-0.05, 0) is 19.1 Å². The molecule has 0 heterocycles. The van der Waals surface area contributed by atoms with E-state index < -0.39 is 0 Å². The first kappa shape index (κ1) is 12.6. The number of halogens is 1. The molecule has 0 aliphatic heterocycles. The summed E-state index contributed by atoms with van der Waals surface area (Å²) in [5.41, 5.74) is 0.676. The van der Waals surface area contributed by atoms with Crippen LogP contribution in [0.5, 0.6) is 5.75 Å². The van der Waals surface area contributed by atoms with Crippen molar-refractivity contribution >= 4 is 23.3 Å². The van der Waals surface area contributed by atoms with Crippen LogP contribution in [-0.4, -0.2) is 26.2 Å². The molecule has 5 heteroatoms. The van der Waals surface area contributed by atoms with Crippen molar-refractivity contribution in [3.8, 4) is 5.75 Å². The highest BCUT2D eigenvalue weighted by Gasteiger charge is 2.05. The van der Waals surface area contributed by atoms with E-state index in [0.717, 1.165) is 0 Å². The number of nitrogens with one attached hydrogen (secondary N) is 1. The van der Waals surface area contributed by atoms with E-state index in [2.05, 4.69) is 5.32 Å². The van der Waals surface area contributed by atoms with E-state index in [9.17, 15) is 4.79 Å². The number of methoxy groups -OCH3 is 1. The Morgan fingerprint density at radius 3 is 2.81 bits per heavy atom. The predicted molar refractivity (Wildman–Crippen MR) is 63.1 cm³/mol. The summed E-state index contributed by atoms with van der Waals surface area (Å²) in [5, 5.41) is 3.39. The van der Waals surface area contributed by atoms with Gasteiger partial charge >= 0.3 is 5.97 Å². The van der Waals surface area contributed by atoms with Gasteiger partial charge in [0.25, 0.3) is 0 Å². The average molecular weight is 244 g/mol. The molecule has 0 fully saturated rings. The molecular formula is C11H14ClNO3. The van der Waals surface area contributed by atoms with Crippen LogP contribution in [0.15, 0.2) is 18.2 Å². The Hall–Kier alpha value is -1.42. The second-order valence-electron chi connectivity index (χ2n) is 3.00. The lowest BCUT2D eigenvalue weighted by atomic mass is 10.3. The Kier molecular flexibility index (Phi) is 4.92. The average Bonchev–Trinajstić information content (AvgIpc) is 2.27. The van der Waals surface area contributed by atoms with Gasteiger partial charge < -0.3 is 14.8 Å². The molecule has 0 atom stereocenters. The quantitative estimate of drug-likeness (QED) is 0.807. The van der Waals surface area contributed by atoms with Gasteiger partial charge in [0.1, 0.15) is 12.3 Å². The SMILES string of the molecule is CCOC(=O)CNc1ccc(OC)cc1Cl. The Morgan fingerprint density at radius 1 is 1.50 bits per heavy atom. The summed E-state index contributed by atoms with van der Waals surface area (Å²) < 4.78 is 9.79. The zero-order chi connectivity index (χ0) is 12.0. The molecule has 0 unspecified atom stereocenters. The highest BCUT2D eigenvalue weighted by molar-refractivity contribution is 6.33. The number of carbonyl (C=O) groups excluding carboxylic acids is 1. The molecule has 0 bridgehead atoms. The number of hydrogen-bond acceptors (Lipinski definition) is 4. The Labute approximate surface area is 99.5 Å². The summed E-state index contributed by atoms with van der Waals surface area (Å²) in [6, 6.07) is 5.19. The van der Waals surface area contributed by atoms with Crippen molar-refractivity contribution < 1.29 is 14.3 Å². The van der Waals surface area contributed by atoms with E-state index >= 15 is 0 Å². The van der Waals surface area contributed by atoms with Crippen LogP contribution in [-0.2, 0) is 9.53 Å². The second kappa shape index (κ2) is 6.23. The van der Waals surface area contributed by atoms with Crippen LogP contribution in [0.25, 0.3) is 0 Å². The van der Waals surface area contributed by atoms with Crippen molar-refractivity contribution in [2.45, 2.75) is 6.92 Å². The van der Waals surface area contributed by atoms with Crippen molar-refractivity contribution in [3.05, 3.63) is 23.2 Å². The van der Waals surface area contributed by atoms with Crippen molar-refractivity contribution in [1.29, 1.82) is 0 Å². The molecule has 0 spiro atoms. The van der Waals surface area contributed by atoms with Crippen LogP contribution in [0.4, 0.5) is 5.69 Å². The Bertz CT molecular complexity index is 368. The lowest BCUT2D eigenvalue weighted by molar-refractivity contribution is -0.140. The maximum Gasteiger partial charge on any atom is 0.325 e. The van der Waals surface area contributed by atoms with Gasteiger partial charge in [0, 0.05) is 6.07 Å². The fraction of sp³-hybridized carbons (Fsp3) is 0.364. The molecule has 4 nitrogen and oxygen atoms in total. The molecule has 88 valence electrons. The highest BCUT2D eigenvalue weighted by atomic mass is 35.5. The molecule has 16 heavy (non-hydrogen) atoms. The molecule has 1 N–H and O–H groups in total. The largest absolute Gasteiger partial charge is 0.497 e. The molecule has 1 rings (SSSR count). The van der Waals surface area contributed by atoms with E-state index in [1.165, 1.54) is 0 Å². The van der Waals surface area contributed by atoms with Crippen molar-refractivity contribution in [2.75, 3.05) is 25.6 Å². The van der Waals surface area contributed by atoms with Crippen molar-refractivity contribution in [2.24, 2.45) is 0 Å². The van der Waals surface area contributed by atoms with Crippen molar-refractivity contribution in [3.63, 3.8) is 0 Å². The number of anilines is 1. The number of rotatable bonds is 5. The molecule has 0 saturated carbocycles. The van der Waals surface area contributed by atoms with Crippen LogP contribution in [0, 0.1) is 0 Å². The number of carbonyl (C=O) groups is 1. The van der Waals surface area contributed by atoms with Gasteiger partial charge in [-0.25, -0.2) is 0 Å². The zero-order valence-electron chi connectivity index (χ0n) is 9.25. The molecule has 1 aromatic carbocycles. The number of benzene rings is 1. The summed E-state index contributed by atoms with van der Waals surface area (Å²) in [4.78, 5) is 11.1. The number of esters is 1. The molecular weight excluding hydrogens is 230 g/mol. The third-order valence-electron chi connectivity index (χ3n) is 1.90. The molecule has 0 amide bonds. The van der Waals surface area contributed by atoms with E-state index in [1.807, 2.05) is 0 Å². The number of ether oxygens (including phenoxy) is 2. The first-order valence-electron chi connectivity index (χ1n) is 4.90. The summed E-state index contributed by atoms with van der Waals surface area (Å²) in [5.74, 6) is 0.362.